The summed E-state index contributed by atoms with van der Waals surface area (Å²) in [5.74, 6) is 0.380. The highest BCUT2D eigenvalue weighted by Gasteiger charge is 2.07. The van der Waals surface area contributed by atoms with Crippen LogP contribution in [0, 0.1) is 0 Å². The van der Waals surface area contributed by atoms with Gasteiger partial charge in [-0.1, -0.05) is 13.3 Å². The average Bonchev–Trinajstić information content (AvgIpc) is 2.53. The fourth-order valence-corrected chi connectivity index (χ4v) is 3.28. The monoisotopic (exact) mass is 364 g/mol. The molecule has 0 atom stereocenters. The fourth-order valence-electron chi connectivity index (χ4n) is 2.01. The summed E-state index contributed by atoms with van der Waals surface area (Å²) < 4.78 is 25.8. The second-order valence-corrected chi connectivity index (χ2v) is 7.71. The van der Waals surface area contributed by atoms with E-state index in [0.717, 1.165) is 64.7 Å². The highest BCUT2D eigenvalue weighted by atomic mass is 32.2. The zero-order chi connectivity index (χ0) is 18.1. The average molecular weight is 365 g/mol. The number of unbranched alkanes of at least 4 members (excludes halogenated alkanes) is 2. The van der Waals surface area contributed by atoms with Gasteiger partial charge in [0.2, 0.25) is 10.0 Å². The summed E-state index contributed by atoms with van der Waals surface area (Å²) in [4.78, 5) is 3.92. The Hall–Kier alpha value is -0.900. The molecule has 0 aromatic carbocycles. The Balaban J connectivity index is 3.24. The van der Waals surface area contributed by atoms with E-state index in [1.807, 2.05) is 6.92 Å². The van der Waals surface area contributed by atoms with Crippen LogP contribution in [0.15, 0.2) is 4.99 Å². The quantitative estimate of drug-likeness (QED) is 0.137. The zero-order valence-corrected chi connectivity index (χ0v) is 15.8. The molecule has 0 bridgehead atoms. The van der Waals surface area contributed by atoms with Crippen LogP contribution in [0.1, 0.15) is 45.4 Å². The van der Waals surface area contributed by atoms with Crippen molar-refractivity contribution in [1.82, 2.24) is 15.4 Å². The third-order valence-corrected chi connectivity index (χ3v) is 4.85. The normalized spacial score (nSPS) is 11.5. The van der Waals surface area contributed by atoms with Crippen molar-refractivity contribution in [2.45, 2.75) is 45.4 Å². The number of sulfonamides is 1. The lowest BCUT2D eigenvalue weighted by Gasteiger charge is -2.07. The zero-order valence-electron chi connectivity index (χ0n) is 15.0. The number of rotatable bonds is 17. The van der Waals surface area contributed by atoms with Gasteiger partial charge in [-0.15, -0.1) is 0 Å². The first-order valence-corrected chi connectivity index (χ1v) is 10.6. The molecule has 0 aromatic rings. The minimum atomic E-state index is -3.07. The molecule has 24 heavy (non-hydrogen) atoms. The van der Waals surface area contributed by atoms with Crippen molar-refractivity contribution in [1.29, 1.82) is 0 Å². The maximum Gasteiger partial charge on any atom is 0.211 e. The van der Waals surface area contributed by atoms with Crippen molar-refractivity contribution >= 4 is 16.0 Å². The lowest BCUT2D eigenvalue weighted by atomic mass is 10.3. The van der Waals surface area contributed by atoms with Crippen LogP contribution >= 0.6 is 0 Å². The Morgan fingerprint density at radius 1 is 0.875 bits per heavy atom. The van der Waals surface area contributed by atoms with Crippen LogP contribution in [-0.2, 0) is 10.0 Å². The molecule has 0 heterocycles. The third kappa shape index (κ3) is 17.5. The molecule has 0 saturated carbocycles. The molecule has 0 saturated heterocycles. The maximum absolute atomic E-state index is 11.6. The van der Waals surface area contributed by atoms with Crippen LogP contribution in [0.4, 0.5) is 0 Å². The van der Waals surface area contributed by atoms with Gasteiger partial charge in [-0.2, -0.15) is 0 Å². The highest BCUT2D eigenvalue weighted by molar-refractivity contribution is 7.89. The lowest BCUT2D eigenvalue weighted by molar-refractivity contribution is 0.557. The van der Waals surface area contributed by atoms with E-state index in [0.29, 0.717) is 13.1 Å². The first kappa shape index (κ1) is 23.1. The van der Waals surface area contributed by atoms with E-state index in [4.69, 9.17) is 11.5 Å². The number of hydrogen-bond acceptors (Lipinski definition) is 5. The molecule has 0 spiro atoms. The van der Waals surface area contributed by atoms with Crippen LogP contribution in [0.25, 0.3) is 0 Å². The van der Waals surface area contributed by atoms with Crippen molar-refractivity contribution < 1.29 is 8.42 Å². The standard InChI is InChI=1S/C15H36N6O2S/c1-2-3-14-24(22,23)21-13-7-11-19-9-5-4-8-18-10-6-12-20-15(16)17/h18-19,21H,2-14H2,1H3,(H4,16,17,20). The molecule has 7 N–H and O–H groups in total. The SMILES string of the molecule is CCCCS(=O)(=O)NCCCNCCCCNCCCN=C(N)N. The molecule has 0 unspecified atom stereocenters. The van der Waals surface area contributed by atoms with E-state index >= 15 is 0 Å². The maximum atomic E-state index is 11.6. The second kappa shape index (κ2) is 15.6. The Bertz CT molecular complexity index is 410. The summed E-state index contributed by atoms with van der Waals surface area (Å²) in [5, 5.41) is 6.68. The molecule has 8 nitrogen and oxygen atoms in total. The fraction of sp³-hybridized carbons (Fsp3) is 0.933. The minimum Gasteiger partial charge on any atom is -0.370 e. The summed E-state index contributed by atoms with van der Waals surface area (Å²) in [7, 11) is -3.07. The predicted octanol–water partition coefficient (Wildman–Crippen LogP) is -0.281. The topological polar surface area (TPSA) is 135 Å². The van der Waals surface area contributed by atoms with Gasteiger partial charge >= 0.3 is 0 Å². The van der Waals surface area contributed by atoms with Gasteiger partial charge in [-0.3, -0.25) is 4.99 Å². The van der Waals surface area contributed by atoms with Gasteiger partial charge in [0.25, 0.3) is 0 Å². The van der Waals surface area contributed by atoms with Gasteiger partial charge in [0.15, 0.2) is 5.96 Å². The molecular weight excluding hydrogens is 328 g/mol. The number of nitrogens with two attached hydrogens (primary N) is 2. The summed E-state index contributed by atoms with van der Waals surface area (Å²) in [6, 6.07) is 0. The van der Waals surface area contributed by atoms with Crippen molar-refractivity contribution in [3.8, 4) is 0 Å². The van der Waals surface area contributed by atoms with Crippen LogP contribution < -0.4 is 26.8 Å². The van der Waals surface area contributed by atoms with Crippen LogP contribution in [0.3, 0.4) is 0 Å². The van der Waals surface area contributed by atoms with E-state index < -0.39 is 10.0 Å². The van der Waals surface area contributed by atoms with Gasteiger partial charge in [-0.05, 0) is 58.3 Å². The largest absolute Gasteiger partial charge is 0.370 e. The summed E-state index contributed by atoms with van der Waals surface area (Å²) in [6.07, 6.45) is 5.57. The van der Waals surface area contributed by atoms with E-state index in [9.17, 15) is 8.42 Å². The summed E-state index contributed by atoms with van der Waals surface area (Å²) in [6.45, 7) is 6.86. The number of nitrogens with one attached hydrogen (secondary N) is 3. The van der Waals surface area contributed by atoms with E-state index in [1.54, 1.807) is 0 Å². The molecule has 0 aliphatic heterocycles. The molecular formula is C15H36N6O2S. The molecule has 0 aromatic heterocycles. The predicted molar refractivity (Wildman–Crippen MR) is 102 cm³/mol. The molecule has 0 radical (unpaired) electrons. The van der Waals surface area contributed by atoms with Crippen molar-refractivity contribution in [2.75, 3.05) is 45.0 Å². The molecule has 0 aliphatic carbocycles. The third-order valence-electron chi connectivity index (χ3n) is 3.38. The Labute approximate surface area is 147 Å². The molecule has 0 fully saturated rings. The van der Waals surface area contributed by atoms with E-state index in [-0.39, 0.29) is 11.7 Å². The highest BCUT2D eigenvalue weighted by Crippen LogP contribution is 1.93. The van der Waals surface area contributed by atoms with Crippen molar-refractivity contribution in [3.05, 3.63) is 0 Å². The second-order valence-electron chi connectivity index (χ2n) is 5.79. The van der Waals surface area contributed by atoms with E-state index in [1.165, 1.54) is 0 Å². The Morgan fingerprint density at radius 2 is 1.46 bits per heavy atom. The number of nitrogens with zero attached hydrogens (tertiary/aromatic N) is 1. The first-order valence-electron chi connectivity index (χ1n) is 8.92. The van der Waals surface area contributed by atoms with E-state index in [2.05, 4.69) is 20.3 Å². The van der Waals surface area contributed by atoms with Gasteiger partial charge in [0, 0.05) is 13.1 Å². The number of aliphatic imine (C=N–C) groups is 1. The Kier molecular flexibility index (Phi) is 15.0. The Morgan fingerprint density at radius 3 is 2.04 bits per heavy atom. The van der Waals surface area contributed by atoms with Gasteiger partial charge in [0.05, 0.1) is 5.75 Å². The summed E-state index contributed by atoms with van der Waals surface area (Å²) in [5.41, 5.74) is 10.5. The molecule has 9 heteroatoms. The number of guanidine groups is 1. The molecule has 0 aliphatic rings. The number of hydrogen-bond donors (Lipinski definition) is 5. The van der Waals surface area contributed by atoms with Gasteiger partial charge < -0.3 is 22.1 Å². The van der Waals surface area contributed by atoms with Crippen molar-refractivity contribution in [3.63, 3.8) is 0 Å². The lowest BCUT2D eigenvalue weighted by Crippen LogP contribution is -2.29. The minimum absolute atomic E-state index is 0.148. The van der Waals surface area contributed by atoms with Crippen LogP contribution in [0.2, 0.25) is 0 Å². The van der Waals surface area contributed by atoms with Gasteiger partial charge in [-0.25, -0.2) is 13.1 Å². The van der Waals surface area contributed by atoms with Crippen molar-refractivity contribution in [2.24, 2.45) is 16.5 Å². The van der Waals surface area contributed by atoms with Crippen LogP contribution in [-0.4, -0.2) is 59.4 Å². The van der Waals surface area contributed by atoms with Crippen LogP contribution in [0.5, 0.6) is 0 Å². The molecule has 0 amide bonds. The van der Waals surface area contributed by atoms with Gasteiger partial charge in [0.1, 0.15) is 0 Å². The first-order chi connectivity index (χ1) is 11.5. The molecule has 0 rings (SSSR count). The molecule has 144 valence electrons. The summed E-state index contributed by atoms with van der Waals surface area (Å²) >= 11 is 0. The smallest absolute Gasteiger partial charge is 0.211 e.